The van der Waals surface area contributed by atoms with Crippen LogP contribution in [0.15, 0.2) is 30.6 Å². The predicted molar refractivity (Wildman–Crippen MR) is 107 cm³/mol. The number of carbonyl (C=O) groups excluding carboxylic acids is 1. The number of nitrogens with one attached hydrogen (secondary N) is 3. The van der Waals surface area contributed by atoms with Gasteiger partial charge in [-0.2, -0.15) is 0 Å². The molecule has 0 aromatic carbocycles. The van der Waals surface area contributed by atoms with Crippen molar-refractivity contribution in [2.24, 2.45) is 0 Å². The number of imidazole rings is 1. The Balaban J connectivity index is 1.74. The maximum absolute atomic E-state index is 11.7. The quantitative estimate of drug-likeness (QED) is 0.510. The number of ether oxygens (including phenoxy) is 2. The molecule has 0 atom stereocenters. The van der Waals surface area contributed by atoms with E-state index in [-0.39, 0.29) is 6.10 Å². The molecule has 0 aliphatic rings. The lowest BCUT2D eigenvalue weighted by atomic mass is 10.2. The van der Waals surface area contributed by atoms with Crippen LogP contribution in [0.3, 0.4) is 0 Å². The van der Waals surface area contributed by atoms with Gasteiger partial charge >= 0.3 is 6.09 Å². The number of H-pyrrole nitrogens is 1. The molecule has 28 heavy (non-hydrogen) atoms. The van der Waals surface area contributed by atoms with Crippen molar-refractivity contribution in [3.63, 3.8) is 0 Å². The SMILES string of the molecule is COCCCNc1cc(-c2nc3ncc(NC(=O)OC(C)C)cc3[nH]2)ccn1. The number of hydrogen-bond acceptors (Lipinski definition) is 7. The first-order valence-electron chi connectivity index (χ1n) is 9.08. The molecule has 0 unspecified atom stereocenters. The summed E-state index contributed by atoms with van der Waals surface area (Å²) in [5.41, 5.74) is 2.69. The molecule has 0 radical (unpaired) electrons. The summed E-state index contributed by atoms with van der Waals surface area (Å²) >= 11 is 0. The second kappa shape index (κ2) is 9.14. The second-order valence-corrected chi connectivity index (χ2v) is 6.46. The van der Waals surface area contributed by atoms with Crippen molar-refractivity contribution in [3.05, 3.63) is 30.6 Å². The number of nitrogens with zero attached hydrogens (tertiary/aromatic N) is 3. The number of rotatable bonds is 8. The van der Waals surface area contributed by atoms with E-state index in [0.29, 0.717) is 29.3 Å². The lowest BCUT2D eigenvalue weighted by Gasteiger charge is -2.08. The smallest absolute Gasteiger partial charge is 0.411 e. The molecule has 3 rings (SSSR count). The van der Waals surface area contributed by atoms with Crippen LogP contribution in [0.4, 0.5) is 16.3 Å². The third-order valence-electron chi connectivity index (χ3n) is 3.79. The number of amides is 1. The van der Waals surface area contributed by atoms with E-state index >= 15 is 0 Å². The molecular weight excluding hydrogens is 360 g/mol. The van der Waals surface area contributed by atoms with Crippen LogP contribution in [0.2, 0.25) is 0 Å². The number of aromatic nitrogens is 4. The van der Waals surface area contributed by atoms with Crippen LogP contribution >= 0.6 is 0 Å². The first kappa shape index (κ1) is 19.6. The van der Waals surface area contributed by atoms with Crippen LogP contribution in [0.1, 0.15) is 20.3 Å². The van der Waals surface area contributed by atoms with Gasteiger partial charge in [-0.25, -0.2) is 19.7 Å². The number of carbonyl (C=O) groups is 1. The van der Waals surface area contributed by atoms with Crippen LogP contribution < -0.4 is 10.6 Å². The van der Waals surface area contributed by atoms with Crippen molar-refractivity contribution < 1.29 is 14.3 Å². The predicted octanol–water partition coefficient (Wildman–Crippen LogP) is 3.43. The second-order valence-electron chi connectivity index (χ2n) is 6.46. The molecule has 9 heteroatoms. The van der Waals surface area contributed by atoms with E-state index in [4.69, 9.17) is 9.47 Å². The minimum atomic E-state index is -0.519. The molecule has 3 heterocycles. The molecular formula is C19H24N6O3. The highest BCUT2D eigenvalue weighted by Gasteiger charge is 2.10. The Morgan fingerprint density at radius 1 is 1.29 bits per heavy atom. The number of pyridine rings is 2. The van der Waals surface area contributed by atoms with Crippen molar-refractivity contribution >= 4 is 28.8 Å². The van der Waals surface area contributed by atoms with Gasteiger partial charge < -0.3 is 19.8 Å². The number of fused-ring (bicyclic) bond motifs is 1. The first-order valence-corrected chi connectivity index (χ1v) is 9.08. The first-order chi connectivity index (χ1) is 13.5. The Kier molecular flexibility index (Phi) is 6.38. The van der Waals surface area contributed by atoms with Crippen molar-refractivity contribution in [2.75, 3.05) is 30.9 Å². The Morgan fingerprint density at radius 2 is 2.14 bits per heavy atom. The van der Waals surface area contributed by atoms with Gasteiger partial charge in [0.05, 0.1) is 23.5 Å². The molecule has 0 fully saturated rings. The summed E-state index contributed by atoms with van der Waals surface area (Å²) in [5, 5.41) is 5.92. The molecule has 148 valence electrons. The molecule has 0 saturated heterocycles. The number of methoxy groups -OCH3 is 1. The van der Waals surface area contributed by atoms with Gasteiger partial charge in [0.1, 0.15) is 11.6 Å². The van der Waals surface area contributed by atoms with Crippen molar-refractivity contribution in [2.45, 2.75) is 26.4 Å². The fourth-order valence-electron chi connectivity index (χ4n) is 2.57. The van der Waals surface area contributed by atoms with Gasteiger partial charge in [-0.15, -0.1) is 0 Å². The highest BCUT2D eigenvalue weighted by atomic mass is 16.6. The lowest BCUT2D eigenvalue weighted by molar-refractivity contribution is 0.130. The normalized spacial score (nSPS) is 11.0. The molecule has 9 nitrogen and oxygen atoms in total. The van der Waals surface area contributed by atoms with Crippen LogP contribution in [0.5, 0.6) is 0 Å². The van der Waals surface area contributed by atoms with Gasteiger partial charge in [-0.05, 0) is 38.5 Å². The summed E-state index contributed by atoms with van der Waals surface area (Å²) in [4.78, 5) is 28.1. The lowest BCUT2D eigenvalue weighted by Crippen LogP contribution is -2.18. The molecule has 3 N–H and O–H groups in total. The largest absolute Gasteiger partial charge is 0.447 e. The number of aromatic amines is 1. The van der Waals surface area contributed by atoms with E-state index in [1.807, 2.05) is 12.1 Å². The molecule has 0 spiro atoms. The Morgan fingerprint density at radius 3 is 2.93 bits per heavy atom. The average molecular weight is 384 g/mol. The van der Waals surface area contributed by atoms with E-state index in [0.717, 1.165) is 24.3 Å². The zero-order chi connectivity index (χ0) is 19.9. The van der Waals surface area contributed by atoms with Gasteiger partial charge in [0, 0.05) is 32.0 Å². The summed E-state index contributed by atoms with van der Waals surface area (Å²) in [6, 6.07) is 5.56. The van der Waals surface area contributed by atoms with Crippen molar-refractivity contribution in [3.8, 4) is 11.4 Å². The maximum Gasteiger partial charge on any atom is 0.411 e. The van der Waals surface area contributed by atoms with Gasteiger partial charge in [-0.3, -0.25) is 5.32 Å². The van der Waals surface area contributed by atoms with Crippen molar-refractivity contribution in [1.29, 1.82) is 0 Å². The topological polar surface area (TPSA) is 114 Å². The minimum Gasteiger partial charge on any atom is -0.447 e. The molecule has 3 aromatic heterocycles. The fraction of sp³-hybridized carbons (Fsp3) is 0.368. The van der Waals surface area contributed by atoms with Crippen LogP contribution in [0.25, 0.3) is 22.6 Å². The summed E-state index contributed by atoms with van der Waals surface area (Å²) in [5.74, 6) is 1.44. The third-order valence-corrected chi connectivity index (χ3v) is 3.79. The molecule has 0 aliphatic carbocycles. The van der Waals surface area contributed by atoms with Gasteiger partial charge in [0.25, 0.3) is 0 Å². The van der Waals surface area contributed by atoms with Crippen LogP contribution in [-0.4, -0.2) is 52.4 Å². The van der Waals surface area contributed by atoms with E-state index < -0.39 is 6.09 Å². The highest BCUT2D eigenvalue weighted by Crippen LogP contribution is 2.22. The molecule has 0 aliphatic heterocycles. The van der Waals surface area contributed by atoms with E-state index in [9.17, 15) is 4.79 Å². The van der Waals surface area contributed by atoms with Gasteiger partial charge in [-0.1, -0.05) is 0 Å². The zero-order valence-electron chi connectivity index (χ0n) is 16.2. The molecule has 0 bridgehead atoms. The van der Waals surface area contributed by atoms with E-state index in [1.165, 1.54) is 0 Å². The van der Waals surface area contributed by atoms with Crippen LogP contribution in [-0.2, 0) is 9.47 Å². The molecule has 0 saturated carbocycles. The summed E-state index contributed by atoms with van der Waals surface area (Å²) in [7, 11) is 1.68. The van der Waals surface area contributed by atoms with E-state index in [2.05, 4.69) is 30.6 Å². The van der Waals surface area contributed by atoms with Crippen molar-refractivity contribution in [1.82, 2.24) is 19.9 Å². The van der Waals surface area contributed by atoms with E-state index in [1.54, 1.807) is 39.4 Å². The Hall–Kier alpha value is -3.20. The summed E-state index contributed by atoms with van der Waals surface area (Å²) < 4.78 is 10.1. The van der Waals surface area contributed by atoms with Crippen LogP contribution in [0, 0.1) is 0 Å². The summed E-state index contributed by atoms with van der Waals surface area (Å²) in [6.07, 6.45) is 3.45. The number of anilines is 2. The third kappa shape index (κ3) is 5.17. The minimum absolute atomic E-state index is 0.195. The average Bonchev–Trinajstić information content (AvgIpc) is 3.08. The zero-order valence-corrected chi connectivity index (χ0v) is 16.2. The number of hydrogen-bond donors (Lipinski definition) is 3. The highest BCUT2D eigenvalue weighted by molar-refractivity contribution is 5.88. The van der Waals surface area contributed by atoms with Gasteiger partial charge in [0.2, 0.25) is 0 Å². The molecule has 1 amide bonds. The maximum atomic E-state index is 11.7. The summed E-state index contributed by atoms with van der Waals surface area (Å²) in [6.45, 7) is 5.05. The monoisotopic (exact) mass is 384 g/mol. The standard InChI is InChI=1S/C19H24N6O3/c1-12(2)28-19(26)23-14-10-15-18(22-11-14)25-17(24-15)13-5-7-21-16(9-13)20-6-4-8-27-3/h5,7,9-12H,4,6,8H2,1-3H3,(H,20,21)(H,23,26)(H,22,24,25). The van der Waals surface area contributed by atoms with Gasteiger partial charge in [0.15, 0.2) is 5.65 Å². The Labute approximate surface area is 162 Å². The fourth-order valence-corrected chi connectivity index (χ4v) is 2.57. The Bertz CT molecular complexity index is 940. The molecule has 3 aromatic rings.